The molecule has 1 saturated heterocycles. The highest BCUT2D eigenvalue weighted by Gasteiger charge is 2.24. The molecule has 0 aliphatic carbocycles. The minimum absolute atomic E-state index is 0.0488. The first-order valence-corrected chi connectivity index (χ1v) is 7.01. The zero-order chi connectivity index (χ0) is 14.5. The van der Waals surface area contributed by atoms with Crippen LogP contribution in [0.5, 0.6) is 5.75 Å². The Morgan fingerprint density at radius 1 is 1.50 bits per heavy atom. The van der Waals surface area contributed by atoms with Gasteiger partial charge in [0.05, 0.1) is 18.2 Å². The SMILES string of the molecule is CC(Oc1ccc(CN)cc1Cl)C(=O)N1CCOCC1. The van der Waals surface area contributed by atoms with E-state index in [2.05, 4.69) is 0 Å². The van der Waals surface area contributed by atoms with Gasteiger partial charge in [0, 0.05) is 19.6 Å². The van der Waals surface area contributed by atoms with E-state index in [1.54, 1.807) is 24.0 Å². The molecule has 110 valence electrons. The number of amides is 1. The molecule has 20 heavy (non-hydrogen) atoms. The molecule has 1 amide bonds. The number of benzene rings is 1. The van der Waals surface area contributed by atoms with Crippen LogP contribution in [0, 0.1) is 0 Å². The van der Waals surface area contributed by atoms with E-state index in [1.807, 2.05) is 6.07 Å². The Bertz CT molecular complexity index is 475. The molecule has 0 spiro atoms. The Morgan fingerprint density at radius 2 is 2.20 bits per heavy atom. The van der Waals surface area contributed by atoms with Gasteiger partial charge in [0.25, 0.3) is 5.91 Å². The lowest BCUT2D eigenvalue weighted by atomic mass is 10.2. The average molecular weight is 299 g/mol. The van der Waals surface area contributed by atoms with Gasteiger partial charge >= 0.3 is 0 Å². The van der Waals surface area contributed by atoms with Gasteiger partial charge in [0.1, 0.15) is 5.75 Å². The lowest BCUT2D eigenvalue weighted by molar-refractivity contribution is -0.142. The van der Waals surface area contributed by atoms with Crippen LogP contribution in [0.15, 0.2) is 18.2 Å². The van der Waals surface area contributed by atoms with Crippen molar-refractivity contribution < 1.29 is 14.3 Å². The maximum absolute atomic E-state index is 12.2. The van der Waals surface area contributed by atoms with Crippen LogP contribution in [-0.2, 0) is 16.1 Å². The van der Waals surface area contributed by atoms with Crippen LogP contribution >= 0.6 is 11.6 Å². The number of hydrogen-bond acceptors (Lipinski definition) is 4. The lowest BCUT2D eigenvalue weighted by Crippen LogP contribution is -2.46. The van der Waals surface area contributed by atoms with E-state index < -0.39 is 6.10 Å². The van der Waals surface area contributed by atoms with Gasteiger partial charge in [-0.1, -0.05) is 17.7 Å². The van der Waals surface area contributed by atoms with Crippen molar-refractivity contribution in [3.63, 3.8) is 0 Å². The second-order valence-corrected chi connectivity index (χ2v) is 5.07. The quantitative estimate of drug-likeness (QED) is 0.913. The van der Waals surface area contributed by atoms with Crippen molar-refractivity contribution in [2.75, 3.05) is 26.3 Å². The van der Waals surface area contributed by atoms with Gasteiger partial charge < -0.3 is 20.1 Å². The van der Waals surface area contributed by atoms with E-state index in [1.165, 1.54) is 0 Å². The number of carbonyl (C=O) groups is 1. The van der Waals surface area contributed by atoms with Gasteiger partial charge in [-0.25, -0.2) is 0 Å². The molecule has 1 aromatic rings. The van der Waals surface area contributed by atoms with Crippen LogP contribution in [0.4, 0.5) is 0 Å². The number of nitrogens with zero attached hydrogens (tertiary/aromatic N) is 1. The molecule has 1 aromatic carbocycles. The first kappa shape index (κ1) is 15.1. The second kappa shape index (κ2) is 6.92. The highest BCUT2D eigenvalue weighted by molar-refractivity contribution is 6.32. The minimum atomic E-state index is -0.575. The topological polar surface area (TPSA) is 64.8 Å². The number of morpholine rings is 1. The zero-order valence-electron chi connectivity index (χ0n) is 11.5. The summed E-state index contributed by atoms with van der Waals surface area (Å²) < 4.78 is 10.9. The van der Waals surface area contributed by atoms with Crippen molar-refractivity contribution in [1.29, 1.82) is 0 Å². The summed E-state index contributed by atoms with van der Waals surface area (Å²) in [6, 6.07) is 5.34. The summed E-state index contributed by atoms with van der Waals surface area (Å²) in [5.41, 5.74) is 6.47. The molecule has 1 aliphatic rings. The maximum Gasteiger partial charge on any atom is 0.263 e. The van der Waals surface area contributed by atoms with Crippen molar-refractivity contribution in [2.24, 2.45) is 5.73 Å². The van der Waals surface area contributed by atoms with Crippen molar-refractivity contribution in [3.8, 4) is 5.75 Å². The van der Waals surface area contributed by atoms with E-state index in [0.717, 1.165) is 5.56 Å². The molecule has 1 unspecified atom stereocenters. The largest absolute Gasteiger partial charge is 0.479 e. The van der Waals surface area contributed by atoms with E-state index >= 15 is 0 Å². The van der Waals surface area contributed by atoms with Crippen molar-refractivity contribution in [3.05, 3.63) is 28.8 Å². The summed E-state index contributed by atoms with van der Waals surface area (Å²) in [5, 5.41) is 0.467. The molecule has 0 radical (unpaired) electrons. The third-order valence-corrected chi connectivity index (χ3v) is 3.50. The van der Waals surface area contributed by atoms with E-state index in [9.17, 15) is 4.79 Å². The normalized spacial score (nSPS) is 16.9. The van der Waals surface area contributed by atoms with Crippen LogP contribution in [0.1, 0.15) is 12.5 Å². The van der Waals surface area contributed by atoms with Gasteiger partial charge in [-0.05, 0) is 24.6 Å². The molecule has 1 aliphatic heterocycles. The summed E-state index contributed by atoms with van der Waals surface area (Å²) in [5.74, 6) is 0.449. The van der Waals surface area contributed by atoms with Crippen molar-refractivity contribution in [2.45, 2.75) is 19.6 Å². The smallest absolute Gasteiger partial charge is 0.263 e. The molecular weight excluding hydrogens is 280 g/mol. The molecule has 0 aromatic heterocycles. The lowest BCUT2D eigenvalue weighted by Gasteiger charge is -2.29. The Morgan fingerprint density at radius 3 is 2.80 bits per heavy atom. The first-order valence-electron chi connectivity index (χ1n) is 6.63. The first-order chi connectivity index (χ1) is 9.61. The number of nitrogens with two attached hydrogens (primary N) is 1. The summed E-state index contributed by atoms with van der Waals surface area (Å²) in [6.45, 7) is 4.50. The number of ether oxygens (including phenoxy) is 2. The monoisotopic (exact) mass is 298 g/mol. The van der Waals surface area contributed by atoms with E-state index in [0.29, 0.717) is 43.6 Å². The van der Waals surface area contributed by atoms with Gasteiger partial charge in [-0.15, -0.1) is 0 Å². The average Bonchev–Trinajstić information content (AvgIpc) is 2.49. The predicted molar refractivity (Wildman–Crippen MR) is 76.8 cm³/mol. The second-order valence-electron chi connectivity index (χ2n) is 4.67. The van der Waals surface area contributed by atoms with Gasteiger partial charge in [0.15, 0.2) is 6.10 Å². The highest BCUT2D eigenvalue weighted by atomic mass is 35.5. The van der Waals surface area contributed by atoms with Crippen molar-refractivity contribution >= 4 is 17.5 Å². The Balaban J connectivity index is 1.99. The summed E-state index contributed by atoms with van der Waals surface area (Å²) in [7, 11) is 0. The summed E-state index contributed by atoms with van der Waals surface area (Å²) in [4.78, 5) is 14.0. The zero-order valence-corrected chi connectivity index (χ0v) is 12.2. The minimum Gasteiger partial charge on any atom is -0.479 e. The number of halogens is 1. The summed E-state index contributed by atoms with van der Waals surface area (Å²) in [6.07, 6.45) is -0.575. The fourth-order valence-electron chi connectivity index (χ4n) is 2.05. The van der Waals surface area contributed by atoms with E-state index in [4.69, 9.17) is 26.8 Å². The standard InChI is InChI=1S/C14H19ClN2O3/c1-10(14(18)17-4-6-19-7-5-17)20-13-3-2-11(9-16)8-12(13)15/h2-3,8,10H,4-7,9,16H2,1H3. The highest BCUT2D eigenvalue weighted by Crippen LogP contribution is 2.26. The molecular formula is C14H19ClN2O3. The third kappa shape index (κ3) is 3.62. The molecule has 1 atom stereocenters. The van der Waals surface area contributed by atoms with Gasteiger partial charge in [-0.3, -0.25) is 4.79 Å². The van der Waals surface area contributed by atoms with Crippen molar-refractivity contribution in [1.82, 2.24) is 4.90 Å². The van der Waals surface area contributed by atoms with Crippen LogP contribution in [0.3, 0.4) is 0 Å². The number of carbonyl (C=O) groups excluding carboxylic acids is 1. The molecule has 1 heterocycles. The maximum atomic E-state index is 12.2. The van der Waals surface area contributed by atoms with Crippen LogP contribution < -0.4 is 10.5 Å². The van der Waals surface area contributed by atoms with Gasteiger partial charge in [0.2, 0.25) is 0 Å². The van der Waals surface area contributed by atoms with Crippen LogP contribution in [0.2, 0.25) is 5.02 Å². The Hall–Kier alpha value is -1.30. The van der Waals surface area contributed by atoms with Crippen LogP contribution in [0.25, 0.3) is 0 Å². The fraction of sp³-hybridized carbons (Fsp3) is 0.500. The molecule has 0 saturated carbocycles. The fourth-order valence-corrected chi connectivity index (χ4v) is 2.30. The molecule has 6 heteroatoms. The molecule has 2 rings (SSSR count). The predicted octanol–water partition coefficient (Wildman–Crippen LogP) is 1.42. The number of hydrogen-bond donors (Lipinski definition) is 1. The summed E-state index contributed by atoms with van der Waals surface area (Å²) >= 11 is 6.12. The Kier molecular flexibility index (Phi) is 5.23. The molecule has 0 bridgehead atoms. The Labute approximate surface area is 123 Å². The van der Waals surface area contributed by atoms with Crippen LogP contribution in [-0.4, -0.2) is 43.2 Å². The molecule has 5 nitrogen and oxygen atoms in total. The molecule has 2 N–H and O–H groups in total. The van der Waals surface area contributed by atoms with Gasteiger partial charge in [-0.2, -0.15) is 0 Å². The third-order valence-electron chi connectivity index (χ3n) is 3.21. The van der Waals surface area contributed by atoms with E-state index in [-0.39, 0.29) is 5.91 Å². The molecule has 1 fully saturated rings. The number of rotatable bonds is 4.